The largest absolute Gasteiger partial charge is 0.493 e. The van der Waals surface area contributed by atoms with Crippen LogP contribution in [0.1, 0.15) is 6.42 Å². The zero-order valence-electron chi connectivity index (χ0n) is 13.9. The first kappa shape index (κ1) is 18.1. The molecular weight excluding hydrogens is 364 g/mol. The van der Waals surface area contributed by atoms with Crippen LogP contribution in [0.4, 0.5) is 20.3 Å². The first-order chi connectivity index (χ1) is 12.6. The van der Waals surface area contributed by atoms with Crippen molar-refractivity contribution in [1.82, 2.24) is 10.2 Å². The van der Waals surface area contributed by atoms with Crippen molar-refractivity contribution in [2.24, 2.45) is 0 Å². The van der Waals surface area contributed by atoms with Gasteiger partial charge in [0.05, 0.1) is 19.9 Å². The summed E-state index contributed by atoms with van der Waals surface area (Å²) in [6.07, 6.45) is 2.27. The molecular formula is C18H16ClF2N3O2. The minimum absolute atomic E-state index is 0.228. The van der Waals surface area contributed by atoms with Crippen molar-refractivity contribution >= 4 is 33.9 Å². The molecule has 0 aliphatic rings. The summed E-state index contributed by atoms with van der Waals surface area (Å²) in [5.41, 5.74) is 0.228. The van der Waals surface area contributed by atoms with Gasteiger partial charge in [0.1, 0.15) is 11.6 Å². The number of fused-ring (bicyclic) bond motifs is 1. The van der Waals surface area contributed by atoms with E-state index in [1.165, 1.54) is 19.2 Å². The highest BCUT2D eigenvalue weighted by Crippen LogP contribution is 2.35. The van der Waals surface area contributed by atoms with E-state index in [9.17, 15) is 8.78 Å². The normalized spacial score (nSPS) is 10.8. The van der Waals surface area contributed by atoms with Crippen molar-refractivity contribution in [3.05, 3.63) is 48.2 Å². The number of nitrogens with one attached hydrogen (secondary N) is 1. The molecule has 136 valence electrons. The van der Waals surface area contributed by atoms with Crippen LogP contribution in [0.25, 0.3) is 10.8 Å². The summed E-state index contributed by atoms with van der Waals surface area (Å²) < 4.78 is 37.9. The molecule has 0 fully saturated rings. The molecule has 1 aromatic heterocycles. The summed E-state index contributed by atoms with van der Waals surface area (Å²) in [5.74, 6) is 0.536. The minimum Gasteiger partial charge on any atom is -0.493 e. The van der Waals surface area contributed by atoms with E-state index in [1.54, 1.807) is 18.3 Å². The zero-order valence-corrected chi connectivity index (χ0v) is 14.7. The number of halogens is 3. The highest BCUT2D eigenvalue weighted by molar-refractivity contribution is 6.17. The number of hydrogen-bond donors (Lipinski definition) is 1. The van der Waals surface area contributed by atoms with E-state index < -0.39 is 11.6 Å². The van der Waals surface area contributed by atoms with Gasteiger partial charge in [0, 0.05) is 28.4 Å². The Labute approximate surface area is 153 Å². The maximum atomic E-state index is 13.4. The molecule has 0 unspecified atom stereocenters. The van der Waals surface area contributed by atoms with E-state index in [0.717, 1.165) is 11.5 Å². The number of aromatic nitrogens is 2. The van der Waals surface area contributed by atoms with Gasteiger partial charge in [-0.1, -0.05) is 0 Å². The molecule has 0 spiro atoms. The second kappa shape index (κ2) is 8.14. The number of alkyl halides is 1. The van der Waals surface area contributed by atoms with Crippen molar-refractivity contribution in [3.63, 3.8) is 0 Å². The lowest BCUT2D eigenvalue weighted by Gasteiger charge is -2.13. The van der Waals surface area contributed by atoms with Crippen LogP contribution in [0, 0.1) is 11.6 Å². The maximum Gasteiger partial charge on any atom is 0.161 e. The lowest BCUT2D eigenvalue weighted by molar-refractivity contribution is 0.295. The minimum atomic E-state index is -0.687. The Hall–Kier alpha value is -2.67. The number of anilines is 2. The lowest BCUT2D eigenvalue weighted by Crippen LogP contribution is -2.01. The average Bonchev–Trinajstić information content (AvgIpc) is 2.61. The van der Waals surface area contributed by atoms with Crippen LogP contribution in [-0.2, 0) is 0 Å². The van der Waals surface area contributed by atoms with Gasteiger partial charge in [-0.15, -0.1) is 16.7 Å². The van der Waals surface area contributed by atoms with Crippen molar-refractivity contribution in [2.75, 3.05) is 24.9 Å². The van der Waals surface area contributed by atoms with Crippen LogP contribution in [0.2, 0.25) is 0 Å². The lowest BCUT2D eigenvalue weighted by atomic mass is 10.1. The third kappa shape index (κ3) is 4.11. The number of rotatable bonds is 7. The molecule has 8 heteroatoms. The molecule has 0 saturated heterocycles. The molecule has 3 rings (SSSR count). The molecule has 2 aromatic carbocycles. The molecule has 0 amide bonds. The first-order valence-corrected chi connectivity index (χ1v) is 8.39. The summed E-state index contributed by atoms with van der Waals surface area (Å²) in [6, 6.07) is 6.65. The second-order valence-corrected chi connectivity index (χ2v) is 5.84. The number of ether oxygens (including phenoxy) is 2. The number of nitrogens with zero attached hydrogens (tertiary/aromatic N) is 2. The summed E-state index contributed by atoms with van der Waals surface area (Å²) in [6.45, 7) is 0.456. The molecule has 0 radical (unpaired) electrons. The summed E-state index contributed by atoms with van der Waals surface area (Å²) in [7, 11) is 1.53. The fraction of sp³-hybridized carbons (Fsp3) is 0.222. The molecule has 0 bridgehead atoms. The van der Waals surface area contributed by atoms with E-state index in [-0.39, 0.29) is 5.69 Å². The van der Waals surface area contributed by atoms with Crippen LogP contribution in [0.3, 0.4) is 0 Å². The van der Waals surface area contributed by atoms with Crippen LogP contribution in [0.15, 0.2) is 36.5 Å². The molecule has 3 aromatic rings. The molecule has 1 N–H and O–H groups in total. The van der Waals surface area contributed by atoms with Gasteiger partial charge in [0.2, 0.25) is 0 Å². The third-order valence-electron chi connectivity index (χ3n) is 3.61. The summed E-state index contributed by atoms with van der Waals surface area (Å²) in [5, 5.41) is 12.2. The molecule has 5 nitrogen and oxygen atoms in total. The molecule has 0 atom stereocenters. The maximum absolute atomic E-state index is 13.4. The highest BCUT2D eigenvalue weighted by atomic mass is 35.5. The molecule has 0 aliphatic carbocycles. The third-order valence-corrected chi connectivity index (χ3v) is 3.87. The van der Waals surface area contributed by atoms with Crippen molar-refractivity contribution in [1.29, 1.82) is 0 Å². The Morgan fingerprint density at radius 2 is 1.85 bits per heavy atom. The van der Waals surface area contributed by atoms with Gasteiger partial charge < -0.3 is 14.8 Å². The summed E-state index contributed by atoms with van der Waals surface area (Å²) >= 11 is 5.67. The molecule has 0 saturated carbocycles. The number of benzene rings is 2. The average molecular weight is 380 g/mol. The number of methoxy groups -OCH3 is 1. The Morgan fingerprint density at radius 3 is 2.54 bits per heavy atom. The van der Waals surface area contributed by atoms with Gasteiger partial charge in [0.15, 0.2) is 17.3 Å². The van der Waals surface area contributed by atoms with Crippen LogP contribution >= 0.6 is 11.6 Å². The van der Waals surface area contributed by atoms with Gasteiger partial charge in [-0.05, 0) is 30.7 Å². The van der Waals surface area contributed by atoms with Crippen molar-refractivity contribution < 1.29 is 18.3 Å². The van der Waals surface area contributed by atoms with E-state index >= 15 is 0 Å². The molecule has 1 heterocycles. The highest BCUT2D eigenvalue weighted by Gasteiger charge is 2.12. The standard InChI is InChI=1S/C18H16ClF2N3O2/c1-25-16-9-15-11(5-17(16)26-4-2-3-19)10-22-24-18(15)23-14-7-12(20)6-13(21)8-14/h5-10H,2-4H2,1H3,(H,23,24). The topological polar surface area (TPSA) is 56.3 Å². The Balaban J connectivity index is 1.98. The Morgan fingerprint density at radius 1 is 1.08 bits per heavy atom. The van der Waals surface area contributed by atoms with Crippen molar-refractivity contribution in [2.45, 2.75) is 6.42 Å². The monoisotopic (exact) mass is 379 g/mol. The summed E-state index contributed by atoms with van der Waals surface area (Å²) in [4.78, 5) is 0. The van der Waals surface area contributed by atoms with Gasteiger partial charge in [-0.3, -0.25) is 0 Å². The zero-order chi connectivity index (χ0) is 18.5. The molecule has 26 heavy (non-hydrogen) atoms. The van der Waals surface area contributed by atoms with Crippen LogP contribution < -0.4 is 14.8 Å². The van der Waals surface area contributed by atoms with Crippen LogP contribution in [-0.4, -0.2) is 29.8 Å². The first-order valence-electron chi connectivity index (χ1n) is 7.86. The van der Waals surface area contributed by atoms with Gasteiger partial charge in [0.25, 0.3) is 0 Å². The fourth-order valence-corrected chi connectivity index (χ4v) is 2.56. The van der Waals surface area contributed by atoms with Gasteiger partial charge in [-0.25, -0.2) is 8.78 Å². The van der Waals surface area contributed by atoms with Crippen molar-refractivity contribution in [3.8, 4) is 11.5 Å². The SMILES string of the molecule is COc1cc2c(Nc3cc(F)cc(F)c3)nncc2cc1OCCCCl. The second-order valence-electron chi connectivity index (χ2n) is 5.46. The van der Waals surface area contributed by atoms with Gasteiger partial charge in [-0.2, -0.15) is 5.10 Å². The predicted octanol–water partition coefficient (Wildman–Crippen LogP) is 4.67. The van der Waals surface area contributed by atoms with Crippen LogP contribution in [0.5, 0.6) is 11.5 Å². The fourth-order valence-electron chi connectivity index (χ4n) is 2.45. The van der Waals surface area contributed by atoms with E-state index in [4.69, 9.17) is 21.1 Å². The predicted molar refractivity (Wildman–Crippen MR) is 96.6 cm³/mol. The van der Waals surface area contributed by atoms with E-state index in [0.29, 0.717) is 41.6 Å². The van der Waals surface area contributed by atoms with E-state index in [2.05, 4.69) is 15.5 Å². The quantitative estimate of drug-likeness (QED) is 0.477. The smallest absolute Gasteiger partial charge is 0.161 e. The van der Waals surface area contributed by atoms with Gasteiger partial charge >= 0.3 is 0 Å². The molecule has 0 aliphatic heterocycles. The number of hydrogen-bond acceptors (Lipinski definition) is 5. The Bertz CT molecular complexity index is 904. The van der Waals surface area contributed by atoms with E-state index in [1.807, 2.05) is 0 Å². The Kier molecular flexibility index (Phi) is 5.68.